The summed E-state index contributed by atoms with van der Waals surface area (Å²) >= 11 is 0. The van der Waals surface area contributed by atoms with E-state index in [1.807, 2.05) is 6.07 Å². The molecule has 35 heavy (non-hydrogen) atoms. The van der Waals surface area contributed by atoms with Gasteiger partial charge in [0.2, 0.25) is 10.0 Å². The number of hydrogen-bond acceptors (Lipinski definition) is 3. The van der Waals surface area contributed by atoms with Gasteiger partial charge in [-0.3, -0.25) is 0 Å². The van der Waals surface area contributed by atoms with Crippen LogP contribution in [0.1, 0.15) is 47.8 Å². The van der Waals surface area contributed by atoms with Crippen LogP contribution in [0, 0.1) is 6.92 Å². The van der Waals surface area contributed by atoms with Crippen molar-refractivity contribution >= 4 is 22.4 Å². The monoisotopic (exact) mass is 512 g/mol. The predicted octanol–water partition coefficient (Wildman–Crippen LogP) is 6.09. The van der Waals surface area contributed by atoms with E-state index in [2.05, 4.69) is 66.4 Å². The third-order valence-corrected chi connectivity index (χ3v) is 8.97. The summed E-state index contributed by atoms with van der Waals surface area (Å²) < 4.78 is 27.8. The van der Waals surface area contributed by atoms with Crippen LogP contribution in [-0.4, -0.2) is 50.8 Å². The van der Waals surface area contributed by atoms with Crippen LogP contribution in [0.4, 0.5) is 0 Å². The summed E-state index contributed by atoms with van der Waals surface area (Å²) in [6.45, 7) is 5.73. The molecule has 0 spiro atoms. The van der Waals surface area contributed by atoms with E-state index in [9.17, 15) is 8.42 Å². The summed E-state index contributed by atoms with van der Waals surface area (Å²) in [6, 6.07) is 28.1. The Hall–Kier alpha value is -2.18. The molecule has 1 atom stereocenters. The van der Waals surface area contributed by atoms with E-state index in [0.717, 1.165) is 26.1 Å². The zero-order valence-electron chi connectivity index (χ0n) is 20.7. The maximum atomic E-state index is 13.1. The van der Waals surface area contributed by atoms with Gasteiger partial charge in [0.05, 0.1) is 4.90 Å². The van der Waals surface area contributed by atoms with E-state index in [1.165, 1.54) is 33.8 Å². The summed E-state index contributed by atoms with van der Waals surface area (Å²) in [5, 5.41) is 0. The van der Waals surface area contributed by atoms with Gasteiger partial charge in [-0.25, -0.2) is 12.7 Å². The lowest BCUT2D eigenvalue weighted by molar-refractivity contribution is 0.203. The van der Waals surface area contributed by atoms with E-state index >= 15 is 0 Å². The summed E-state index contributed by atoms with van der Waals surface area (Å²) in [6.07, 6.45) is 3.30. The molecule has 0 aromatic heterocycles. The van der Waals surface area contributed by atoms with Gasteiger partial charge in [0.15, 0.2) is 0 Å². The molecule has 1 aliphatic rings. The lowest BCUT2D eigenvalue weighted by atomic mass is 9.89. The van der Waals surface area contributed by atoms with Gasteiger partial charge in [-0.05, 0) is 80.9 Å². The highest BCUT2D eigenvalue weighted by Crippen LogP contribution is 2.29. The molecular formula is C29H37ClN2O2S. The summed E-state index contributed by atoms with van der Waals surface area (Å²) in [7, 11) is -1.81. The maximum Gasteiger partial charge on any atom is 0.242 e. The van der Waals surface area contributed by atoms with Crippen molar-refractivity contribution in [3.8, 4) is 0 Å². The first kappa shape index (κ1) is 27.4. The van der Waals surface area contributed by atoms with Gasteiger partial charge in [0.1, 0.15) is 0 Å². The average Bonchev–Trinajstić information content (AvgIpc) is 2.88. The van der Waals surface area contributed by atoms with Crippen LogP contribution in [0.25, 0.3) is 0 Å². The van der Waals surface area contributed by atoms with E-state index in [-0.39, 0.29) is 18.3 Å². The number of nitrogens with zero attached hydrogens (tertiary/aromatic N) is 2. The molecule has 0 N–H and O–H groups in total. The van der Waals surface area contributed by atoms with Crippen molar-refractivity contribution in [1.82, 2.24) is 9.21 Å². The van der Waals surface area contributed by atoms with Crippen LogP contribution in [0.5, 0.6) is 0 Å². The molecule has 188 valence electrons. The number of likely N-dealkylation sites (tertiary alicyclic amines) is 1. The molecule has 1 fully saturated rings. The molecule has 0 bridgehead atoms. The number of aryl methyl sites for hydroxylation is 1. The Labute approximate surface area is 217 Å². The van der Waals surface area contributed by atoms with E-state index < -0.39 is 10.0 Å². The third kappa shape index (κ3) is 7.17. The Kier molecular flexibility index (Phi) is 9.93. The molecular weight excluding hydrogens is 476 g/mol. The summed E-state index contributed by atoms with van der Waals surface area (Å²) in [5.41, 5.74) is 3.88. The maximum absolute atomic E-state index is 13.1. The number of likely N-dealkylation sites (N-methyl/N-ethyl adjacent to an activating group) is 1. The SMILES string of the molecule is Cc1ccc(C(CCN2CCC(c3ccccc3)CC2)CN(C)S(=O)(=O)c2ccccc2)cc1.Cl. The average molecular weight is 513 g/mol. The Morgan fingerprint density at radius 3 is 2.06 bits per heavy atom. The van der Waals surface area contributed by atoms with Crippen molar-refractivity contribution in [2.75, 3.05) is 33.2 Å². The molecule has 1 unspecified atom stereocenters. The Balaban J connectivity index is 0.00000342. The van der Waals surface area contributed by atoms with E-state index in [1.54, 1.807) is 31.3 Å². The van der Waals surface area contributed by atoms with Crippen LogP contribution >= 0.6 is 12.4 Å². The Morgan fingerprint density at radius 2 is 1.46 bits per heavy atom. The minimum atomic E-state index is -3.51. The topological polar surface area (TPSA) is 40.6 Å². The molecule has 4 nitrogen and oxygen atoms in total. The minimum absolute atomic E-state index is 0. The van der Waals surface area contributed by atoms with Gasteiger partial charge in [-0.1, -0.05) is 78.4 Å². The number of sulfonamides is 1. The smallest absolute Gasteiger partial charge is 0.242 e. The molecule has 0 saturated carbocycles. The second-order valence-electron chi connectivity index (χ2n) is 9.52. The molecule has 0 aliphatic carbocycles. The van der Waals surface area contributed by atoms with E-state index in [4.69, 9.17) is 0 Å². The second kappa shape index (κ2) is 12.7. The standard InChI is InChI=1S/C29H36N2O2S.ClH/c1-24-13-15-26(16-14-24)28(23-30(2)34(32,33)29-11-7-4-8-12-29)19-22-31-20-17-27(18-21-31)25-9-5-3-6-10-25;/h3-16,27-28H,17-23H2,1-2H3;1H. The largest absolute Gasteiger partial charge is 0.303 e. The predicted molar refractivity (Wildman–Crippen MR) is 147 cm³/mol. The molecule has 4 rings (SSSR count). The molecule has 1 aliphatic heterocycles. The fourth-order valence-electron chi connectivity index (χ4n) is 4.94. The molecule has 0 amide bonds. The highest BCUT2D eigenvalue weighted by molar-refractivity contribution is 7.89. The van der Waals surface area contributed by atoms with Gasteiger partial charge in [0.25, 0.3) is 0 Å². The third-order valence-electron chi connectivity index (χ3n) is 7.13. The van der Waals surface area contributed by atoms with Gasteiger partial charge in [-0.15, -0.1) is 12.4 Å². The first-order valence-corrected chi connectivity index (χ1v) is 13.7. The second-order valence-corrected chi connectivity index (χ2v) is 11.6. The van der Waals surface area contributed by atoms with Gasteiger partial charge < -0.3 is 4.90 Å². The quantitative estimate of drug-likeness (QED) is 0.348. The zero-order chi connectivity index (χ0) is 24.0. The first-order chi connectivity index (χ1) is 16.4. The fraction of sp³-hybridized carbons (Fsp3) is 0.379. The van der Waals surface area contributed by atoms with Gasteiger partial charge in [0, 0.05) is 13.6 Å². The van der Waals surface area contributed by atoms with Crippen molar-refractivity contribution in [1.29, 1.82) is 0 Å². The zero-order valence-corrected chi connectivity index (χ0v) is 22.3. The van der Waals surface area contributed by atoms with Crippen molar-refractivity contribution in [2.24, 2.45) is 0 Å². The van der Waals surface area contributed by atoms with Gasteiger partial charge in [-0.2, -0.15) is 0 Å². The number of piperidine rings is 1. The molecule has 6 heteroatoms. The van der Waals surface area contributed by atoms with Crippen LogP contribution in [0.15, 0.2) is 89.8 Å². The van der Waals surface area contributed by atoms with Crippen LogP contribution in [0.3, 0.4) is 0 Å². The van der Waals surface area contributed by atoms with Crippen molar-refractivity contribution < 1.29 is 8.42 Å². The number of hydrogen-bond donors (Lipinski definition) is 0. The first-order valence-electron chi connectivity index (χ1n) is 12.3. The highest BCUT2D eigenvalue weighted by atomic mass is 35.5. The van der Waals surface area contributed by atoms with Crippen LogP contribution < -0.4 is 0 Å². The lowest BCUT2D eigenvalue weighted by Gasteiger charge is -2.33. The highest BCUT2D eigenvalue weighted by Gasteiger charge is 2.26. The van der Waals surface area contributed by atoms with Crippen molar-refractivity contribution in [3.05, 3.63) is 102 Å². The minimum Gasteiger partial charge on any atom is -0.303 e. The fourth-order valence-corrected chi connectivity index (χ4v) is 6.17. The Bertz CT molecular complexity index is 1130. The number of halogens is 1. The lowest BCUT2D eigenvalue weighted by Crippen LogP contribution is -2.36. The van der Waals surface area contributed by atoms with Crippen LogP contribution in [-0.2, 0) is 10.0 Å². The number of benzene rings is 3. The van der Waals surface area contributed by atoms with Crippen LogP contribution in [0.2, 0.25) is 0 Å². The molecule has 1 heterocycles. The summed E-state index contributed by atoms with van der Waals surface area (Å²) in [5.74, 6) is 0.795. The van der Waals surface area contributed by atoms with Crippen molar-refractivity contribution in [2.45, 2.75) is 42.9 Å². The molecule has 1 saturated heterocycles. The number of rotatable bonds is 9. The molecule has 3 aromatic rings. The normalized spacial score (nSPS) is 16.1. The van der Waals surface area contributed by atoms with E-state index in [0.29, 0.717) is 17.4 Å². The Morgan fingerprint density at radius 1 is 0.886 bits per heavy atom. The summed E-state index contributed by atoms with van der Waals surface area (Å²) in [4.78, 5) is 2.90. The molecule has 0 radical (unpaired) electrons. The van der Waals surface area contributed by atoms with Gasteiger partial charge >= 0.3 is 0 Å². The van der Waals surface area contributed by atoms with Crippen molar-refractivity contribution in [3.63, 3.8) is 0 Å². The molecule has 3 aromatic carbocycles.